The highest BCUT2D eigenvalue weighted by Gasteiger charge is 2.67. The van der Waals surface area contributed by atoms with Gasteiger partial charge >= 0.3 is 5.97 Å². The Kier molecular flexibility index (Phi) is 5.68. The molecule has 1 aromatic rings. The number of carbonyl (C=O) groups excluding carboxylic acids is 4. The summed E-state index contributed by atoms with van der Waals surface area (Å²) in [6, 6.07) is 4.45. The van der Waals surface area contributed by atoms with E-state index in [4.69, 9.17) is 4.74 Å². The first-order valence-corrected chi connectivity index (χ1v) is 11.9. The van der Waals surface area contributed by atoms with Crippen LogP contribution in [0.5, 0.6) is 0 Å². The van der Waals surface area contributed by atoms with Crippen molar-refractivity contribution in [2.45, 2.75) is 42.9 Å². The Morgan fingerprint density at radius 1 is 1.10 bits per heavy atom. The monoisotopic (exact) mass is 539 g/mol. The molecule has 3 aliphatic rings. The SMILES string of the molecule is Cc1ccc(C)c(C(=O)COC(=O)[C@H](C)N2C(=O)[C@@H]3[C@H]4C[C@@H]([C@@H](Br)[C@H]4Br)[C@H]3C2=O)c1. The fourth-order valence-corrected chi connectivity index (χ4v) is 7.10. The van der Waals surface area contributed by atoms with Crippen LogP contribution in [-0.2, 0) is 19.1 Å². The van der Waals surface area contributed by atoms with Crippen LogP contribution >= 0.6 is 31.9 Å². The van der Waals surface area contributed by atoms with E-state index >= 15 is 0 Å². The van der Waals surface area contributed by atoms with Gasteiger partial charge in [0.1, 0.15) is 6.04 Å². The molecule has 30 heavy (non-hydrogen) atoms. The van der Waals surface area contributed by atoms with E-state index in [1.165, 1.54) is 6.92 Å². The largest absolute Gasteiger partial charge is 0.456 e. The zero-order chi connectivity index (χ0) is 21.9. The number of imide groups is 1. The van der Waals surface area contributed by atoms with Crippen LogP contribution in [0, 0.1) is 37.5 Å². The Labute approximate surface area is 192 Å². The average molecular weight is 541 g/mol. The van der Waals surface area contributed by atoms with Crippen LogP contribution in [0.3, 0.4) is 0 Å². The van der Waals surface area contributed by atoms with Gasteiger partial charge in [0.05, 0.1) is 11.8 Å². The Balaban J connectivity index is 1.43. The third kappa shape index (κ3) is 3.27. The zero-order valence-corrected chi connectivity index (χ0v) is 20.1. The molecule has 7 atom stereocenters. The van der Waals surface area contributed by atoms with E-state index < -0.39 is 18.6 Å². The number of ether oxygens (including phenoxy) is 1. The second-order valence-electron chi connectivity index (χ2n) is 8.58. The number of carbonyl (C=O) groups is 4. The van der Waals surface area contributed by atoms with Gasteiger partial charge in [-0.15, -0.1) is 0 Å². The van der Waals surface area contributed by atoms with Gasteiger partial charge in [-0.2, -0.15) is 0 Å². The maximum atomic E-state index is 13.0. The van der Waals surface area contributed by atoms with Crippen molar-refractivity contribution >= 4 is 55.4 Å². The number of likely N-dealkylation sites (tertiary alicyclic amines) is 1. The van der Waals surface area contributed by atoms with E-state index in [0.29, 0.717) is 5.56 Å². The number of ketones is 1. The average Bonchev–Trinajstić information content (AvgIpc) is 3.32. The van der Waals surface area contributed by atoms with E-state index in [1.54, 1.807) is 6.07 Å². The molecular formula is C22H23Br2NO5. The third-order valence-electron chi connectivity index (χ3n) is 6.79. The lowest BCUT2D eigenvalue weighted by Crippen LogP contribution is -2.45. The standard InChI is InChI=1S/C22H23Br2NO5/c1-9-4-5-10(2)12(6-9)15(26)8-30-22(29)11(3)25-20(27)16-13-7-14(17(16)21(25)28)19(24)18(13)23/h4-6,11,13-14,16-19H,7-8H2,1-3H3/t11-,13+,14+,16+,17+,18-,19+/m0/s1. The summed E-state index contributed by atoms with van der Waals surface area (Å²) < 4.78 is 5.20. The van der Waals surface area contributed by atoms with E-state index in [1.807, 2.05) is 26.0 Å². The van der Waals surface area contributed by atoms with Crippen molar-refractivity contribution in [2.24, 2.45) is 23.7 Å². The summed E-state index contributed by atoms with van der Waals surface area (Å²) >= 11 is 7.29. The number of hydrogen-bond acceptors (Lipinski definition) is 5. The van der Waals surface area contributed by atoms with Crippen LogP contribution in [0.2, 0.25) is 0 Å². The fraction of sp³-hybridized carbons (Fsp3) is 0.545. The number of amides is 2. The highest BCUT2D eigenvalue weighted by molar-refractivity contribution is 9.12. The number of aryl methyl sites for hydroxylation is 2. The number of hydrogen-bond donors (Lipinski definition) is 0. The number of Topliss-reactive ketones (excluding diaryl/α,β-unsaturated/α-hetero) is 1. The molecule has 2 saturated carbocycles. The van der Waals surface area contributed by atoms with Crippen LogP contribution in [-0.4, -0.2) is 50.8 Å². The molecule has 3 fully saturated rings. The van der Waals surface area contributed by atoms with Crippen molar-refractivity contribution in [2.75, 3.05) is 6.61 Å². The van der Waals surface area contributed by atoms with Crippen LogP contribution in [0.4, 0.5) is 0 Å². The van der Waals surface area contributed by atoms with Crippen molar-refractivity contribution in [1.29, 1.82) is 0 Å². The number of esters is 1. The number of halogens is 2. The molecule has 0 radical (unpaired) electrons. The van der Waals surface area contributed by atoms with Gasteiger partial charge < -0.3 is 4.74 Å². The van der Waals surface area contributed by atoms with Crippen molar-refractivity contribution in [1.82, 2.24) is 4.90 Å². The van der Waals surface area contributed by atoms with Gasteiger partial charge in [0.25, 0.3) is 0 Å². The maximum absolute atomic E-state index is 13.0. The van der Waals surface area contributed by atoms with E-state index in [2.05, 4.69) is 31.9 Å². The number of nitrogens with zero attached hydrogens (tertiary/aromatic N) is 1. The topological polar surface area (TPSA) is 80.8 Å². The first-order chi connectivity index (χ1) is 14.1. The molecule has 0 aromatic heterocycles. The molecule has 2 aliphatic carbocycles. The molecule has 4 rings (SSSR count). The van der Waals surface area contributed by atoms with Crippen molar-refractivity contribution in [3.05, 3.63) is 34.9 Å². The Hall–Kier alpha value is -1.54. The normalized spacial score (nSPS) is 33.0. The summed E-state index contributed by atoms with van der Waals surface area (Å²) in [6.45, 7) is 4.77. The minimum Gasteiger partial charge on any atom is -0.456 e. The number of rotatable bonds is 5. The maximum Gasteiger partial charge on any atom is 0.329 e. The Bertz CT molecular complexity index is 915. The van der Waals surface area contributed by atoms with Gasteiger partial charge in [0.15, 0.2) is 6.61 Å². The van der Waals surface area contributed by atoms with Crippen LogP contribution < -0.4 is 0 Å². The van der Waals surface area contributed by atoms with Gasteiger partial charge in [-0.3, -0.25) is 19.3 Å². The highest BCUT2D eigenvalue weighted by atomic mass is 79.9. The lowest BCUT2D eigenvalue weighted by Gasteiger charge is -2.28. The summed E-state index contributed by atoms with van der Waals surface area (Å²) in [6.07, 6.45) is 0.829. The van der Waals surface area contributed by atoms with Gasteiger partial charge in [0, 0.05) is 15.2 Å². The fourth-order valence-electron chi connectivity index (χ4n) is 5.23. The second-order valence-corrected chi connectivity index (χ2v) is 10.7. The van der Waals surface area contributed by atoms with Crippen LogP contribution in [0.25, 0.3) is 0 Å². The molecule has 8 heteroatoms. The predicted molar refractivity (Wildman–Crippen MR) is 117 cm³/mol. The van der Waals surface area contributed by atoms with Gasteiger partial charge in [-0.25, -0.2) is 4.79 Å². The molecular weight excluding hydrogens is 518 g/mol. The van der Waals surface area contributed by atoms with Gasteiger partial charge in [-0.1, -0.05) is 49.6 Å². The summed E-state index contributed by atoms with van der Waals surface area (Å²) in [7, 11) is 0. The van der Waals surface area contributed by atoms with E-state index in [-0.39, 0.29) is 50.9 Å². The van der Waals surface area contributed by atoms with Gasteiger partial charge in [-0.05, 0) is 50.7 Å². The molecule has 2 amide bonds. The number of benzene rings is 1. The predicted octanol–water partition coefficient (Wildman–Crippen LogP) is 3.20. The minimum absolute atomic E-state index is 0.0833. The summed E-state index contributed by atoms with van der Waals surface area (Å²) in [5.41, 5.74) is 2.24. The van der Waals surface area contributed by atoms with Crippen LogP contribution in [0.15, 0.2) is 18.2 Å². The molecule has 1 heterocycles. The smallest absolute Gasteiger partial charge is 0.329 e. The number of alkyl halides is 2. The minimum atomic E-state index is -1.05. The third-order valence-corrected chi connectivity index (χ3v) is 10.00. The summed E-state index contributed by atoms with van der Waals surface area (Å²) in [5.74, 6) is -2.25. The quantitative estimate of drug-likeness (QED) is 0.248. The molecule has 1 aromatic carbocycles. The molecule has 6 nitrogen and oxygen atoms in total. The molecule has 0 N–H and O–H groups in total. The molecule has 160 valence electrons. The Morgan fingerprint density at radius 2 is 1.67 bits per heavy atom. The number of fused-ring (bicyclic) bond motifs is 5. The first kappa shape index (κ1) is 21.7. The lowest BCUT2D eigenvalue weighted by molar-refractivity contribution is -0.157. The molecule has 1 saturated heterocycles. The van der Waals surface area contributed by atoms with Crippen molar-refractivity contribution in [3.8, 4) is 0 Å². The second kappa shape index (κ2) is 7.86. The highest BCUT2D eigenvalue weighted by Crippen LogP contribution is 2.60. The lowest BCUT2D eigenvalue weighted by atomic mass is 9.81. The molecule has 2 bridgehead atoms. The first-order valence-electron chi connectivity index (χ1n) is 10.1. The summed E-state index contributed by atoms with van der Waals surface area (Å²) in [4.78, 5) is 52.5. The molecule has 1 aliphatic heterocycles. The zero-order valence-electron chi connectivity index (χ0n) is 16.9. The van der Waals surface area contributed by atoms with Crippen LogP contribution in [0.1, 0.15) is 34.8 Å². The van der Waals surface area contributed by atoms with Gasteiger partial charge in [0.2, 0.25) is 17.6 Å². The Morgan fingerprint density at radius 3 is 2.23 bits per heavy atom. The van der Waals surface area contributed by atoms with E-state index in [0.717, 1.165) is 22.4 Å². The van der Waals surface area contributed by atoms with E-state index in [9.17, 15) is 19.2 Å². The molecule has 0 spiro atoms. The summed E-state index contributed by atoms with van der Waals surface area (Å²) in [5, 5.41) is 0. The van der Waals surface area contributed by atoms with Crippen molar-refractivity contribution in [3.63, 3.8) is 0 Å². The molecule has 0 unspecified atom stereocenters. The van der Waals surface area contributed by atoms with Crippen molar-refractivity contribution < 1.29 is 23.9 Å².